The molecule has 0 aliphatic heterocycles. The highest BCUT2D eigenvalue weighted by Crippen LogP contribution is 2.29. The minimum absolute atomic E-state index is 0.321. The number of aromatic nitrogens is 3. The molecule has 5 rings (SSSR count). The maximum absolute atomic E-state index is 11.1. The average Bonchev–Trinajstić information content (AvgIpc) is 3.19. The van der Waals surface area contributed by atoms with Gasteiger partial charge in [-0.15, -0.1) is 0 Å². The summed E-state index contributed by atoms with van der Waals surface area (Å²) < 4.78 is 2.25. The van der Waals surface area contributed by atoms with Crippen LogP contribution in [0.15, 0.2) is 72.3 Å². The van der Waals surface area contributed by atoms with Crippen molar-refractivity contribution >= 4 is 45.1 Å². The second-order valence-corrected chi connectivity index (χ2v) is 8.47. The highest BCUT2D eigenvalue weighted by molar-refractivity contribution is 6.07. The number of hydrogen-bond acceptors (Lipinski definition) is 4. The number of nitrogens with zero attached hydrogens (tertiary/aromatic N) is 4. The number of nitriles is 1. The fraction of sp³-hybridized carbons (Fsp3) is 0.133. The molecule has 36 heavy (non-hydrogen) atoms. The Morgan fingerprint density at radius 2 is 1.75 bits per heavy atom. The van der Waals surface area contributed by atoms with E-state index in [0.717, 1.165) is 63.6 Å². The molecule has 2 heterocycles. The Balaban J connectivity index is 1.59. The number of fused-ring (bicyclic) bond motifs is 4. The number of rotatable bonds is 5. The Labute approximate surface area is 208 Å². The van der Waals surface area contributed by atoms with Gasteiger partial charge in [0.2, 0.25) is 0 Å². The van der Waals surface area contributed by atoms with Crippen LogP contribution in [0.25, 0.3) is 39.2 Å². The Kier molecular flexibility index (Phi) is 6.18. The molecule has 0 fully saturated rings. The molecule has 0 atom stereocenters. The molecule has 0 saturated heterocycles. The first-order valence-electron chi connectivity index (χ1n) is 11.7. The first kappa shape index (κ1) is 22.8. The molecule has 2 aromatic heterocycles. The molecule has 0 bridgehead atoms. The Bertz CT molecular complexity index is 1780. The third-order valence-electron chi connectivity index (χ3n) is 5.99. The summed E-state index contributed by atoms with van der Waals surface area (Å²) in [4.78, 5) is 21.0. The molecular weight excluding hydrogens is 448 g/mol. The van der Waals surface area contributed by atoms with E-state index in [-0.39, 0.29) is 5.57 Å². The van der Waals surface area contributed by atoms with Gasteiger partial charge in [0.15, 0.2) is 5.65 Å². The molecule has 1 N–H and O–H groups in total. The fourth-order valence-corrected chi connectivity index (χ4v) is 4.21. The lowest BCUT2D eigenvalue weighted by molar-refractivity contribution is -0.132. The third kappa shape index (κ3) is 4.41. The van der Waals surface area contributed by atoms with Crippen LogP contribution >= 0.6 is 0 Å². The van der Waals surface area contributed by atoms with Gasteiger partial charge in [-0.3, -0.25) is 0 Å². The maximum Gasteiger partial charge on any atom is 0.346 e. The molecule has 0 aliphatic carbocycles. The number of carbonyl (C=O) groups is 1. The molecule has 5 aromatic rings. The van der Waals surface area contributed by atoms with Crippen LogP contribution < -0.4 is 0 Å². The molecule has 6 heteroatoms. The SMILES string of the molecule is CCCCn1c2ccc(C#Cc3cccc(/C=C(\C#N)C(=O)O)c3)cc2c2nc3ccccc3nc21. The number of aliphatic carboxylic acids is 1. The van der Waals surface area contributed by atoms with Gasteiger partial charge in [0.1, 0.15) is 17.2 Å². The minimum Gasteiger partial charge on any atom is -0.477 e. The summed E-state index contributed by atoms with van der Waals surface area (Å²) in [6.45, 7) is 3.05. The predicted octanol–water partition coefficient (Wildman–Crippen LogP) is 5.93. The van der Waals surface area contributed by atoms with Crippen molar-refractivity contribution in [2.75, 3.05) is 0 Å². The molecule has 0 spiro atoms. The number of benzene rings is 3. The fourth-order valence-electron chi connectivity index (χ4n) is 4.21. The Hall–Kier alpha value is -4.94. The normalized spacial score (nSPS) is 11.4. The summed E-state index contributed by atoms with van der Waals surface area (Å²) in [6, 6.07) is 22.9. The molecule has 0 amide bonds. The molecule has 0 unspecified atom stereocenters. The first-order chi connectivity index (χ1) is 17.6. The summed E-state index contributed by atoms with van der Waals surface area (Å²) in [5, 5.41) is 19.1. The van der Waals surface area contributed by atoms with Crippen molar-refractivity contribution in [1.82, 2.24) is 14.5 Å². The van der Waals surface area contributed by atoms with E-state index < -0.39 is 5.97 Å². The summed E-state index contributed by atoms with van der Waals surface area (Å²) in [5.74, 6) is 5.11. The van der Waals surface area contributed by atoms with E-state index in [0.29, 0.717) is 5.56 Å². The smallest absolute Gasteiger partial charge is 0.346 e. The van der Waals surface area contributed by atoms with Crippen molar-refractivity contribution in [2.24, 2.45) is 0 Å². The largest absolute Gasteiger partial charge is 0.477 e. The predicted molar refractivity (Wildman–Crippen MR) is 141 cm³/mol. The van der Waals surface area contributed by atoms with Crippen molar-refractivity contribution in [3.63, 3.8) is 0 Å². The molecular formula is C30H22N4O2. The van der Waals surface area contributed by atoms with Crippen LogP contribution in [0.5, 0.6) is 0 Å². The molecule has 6 nitrogen and oxygen atoms in total. The summed E-state index contributed by atoms with van der Waals surface area (Å²) in [5.41, 5.74) is 6.43. The Morgan fingerprint density at radius 3 is 2.47 bits per heavy atom. The van der Waals surface area contributed by atoms with Crippen LogP contribution in [0.2, 0.25) is 0 Å². The number of unbranched alkanes of at least 4 members (excludes halogenated alkanes) is 1. The number of carboxylic acid groups (broad SMARTS) is 1. The molecule has 0 saturated carbocycles. The lowest BCUT2D eigenvalue weighted by Gasteiger charge is -2.05. The lowest BCUT2D eigenvalue weighted by Crippen LogP contribution is -1.99. The van der Waals surface area contributed by atoms with Crippen LogP contribution in [-0.2, 0) is 11.3 Å². The first-order valence-corrected chi connectivity index (χ1v) is 11.7. The zero-order chi connectivity index (χ0) is 25.1. The zero-order valence-corrected chi connectivity index (χ0v) is 19.7. The molecule has 174 valence electrons. The van der Waals surface area contributed by atoms with Gasteiger partial charge in [-0.25, -0.2) is 14.8 Å². The highest BCUT2D eigenvalue weighted by Gasteiger charge is 2.14. The molecule has 0 aliphatic rings. The maximum atomic E-state index is 11.1. The number of aryl methyl sites for hydroxylation is 1. The van der Waals surface area contributed by atoms with Crippen LogP contribution in [0.1, 0.15) is 36.5 Å². The summed E-state index contributed by atoms with van der Waals surface area (Å²) in [6.07, 6.45) is 3.48. The minimum atomic E-state index is -1.25. The van der Waals surface area contributed by atoms with Crippen LogP contribution in [-0.4, -0.2) is 25.6 Å². The number of hydrogen-bond donors (Lipinski definition) is 1. The third-order valence-corrected chi connectivity index (χ3v) is 5.99. The van der Waals surface area contributed by atoms with Gasteiger partial charge in [-0.2, -0.15) is 5.26 Å². The van der Waals surface area contributed by atoms with E-state index in [1.165, 1.54) is 6.08 Å². The number of para-hydroxylation sites is 2. The molecule has 0 radical (unpaired) electrons. The van der Waals surface area contributed by atoms with Gasteiger partial charge in [0.05, 0.1) is 16.6 Å². The van der Waals surface area contributed by atoms with Gasteiger partial charge < -0.3 is 9.67 Å². The monoisotopic (exact) mass is 470 g/mol. The van der Waals surface area contributed by atoms with Gasteiger partial charge >= 0.3 is 5.97 Å². The van der Waals surface area contributed by atoms with Crippen LogP contribution in [0.4, 0.5) is 0 Å². The quantitative estimate of drug-likeness (QED) is 0.195. The zero-order valence-electron chi connectivity index (χ0n) is 19.7. The van der Waals surface area contributed by atoms with Crippen molar-refractivity contribution in [2.45, 2.75) is 26.3 Å². The second kappa shape index (κ2) is 9.74. The van der Waals surface area contributed by atoms with Crippen LogP contribution in [0, 0.1) is 23.2 Å². The second-order valence-electron chi connectivity index (χ2n) is 8.47. The van der Waals surface area contributed by atoms with Gasteiger partial charge in [0, 0.05) is 23.1 Å². The van der Waals surface area contributed by atoms with Crippen molar-refractivity contribution in [3.8, 4) is 17.9 Å². The molecule has 3 aromatic carbocycles. The summed E-state index contributed by atoms with van der Waals surface area (Å²) in [7, 11) is 0. The van der Waals surface area contributed by atoms with E-state index in [2.05, 4.69) is 35.5 Å². The van der Waals surface area contributed by atoms with Gasteiger partial charge in [-0.1, -0.05) is 49.5 Å². The van der Waals surface area contributed by atoms with Crippen molar-refractivity contribution in [1.29, 1.82) is 5.26 Å². The highest BCUT2D eigenvalue weighted by atomic mass is 16.4. The standard InChI is InChI=1S/C30H22N4O2/c1-2-3-15-34-27-14-13-21(12-11-20-7-6-8-22(16-20)17-23(19-31)30(35)36)18-24(27)28-29(34)33-26-10-5-4-9-25(26)32-28/h4-10,13-14,16-18H,2-3,15H2,1H3,(H,35,36)/b23-17+. The van der Waals surface area contributed by atoms with E-state index in [1.54, 1.807) is 24.3 Å². The van der Waals surface area contributed by atoms with Crippen molar-refractivity contribution in [3.05, 3.63) is 89.0 Å². The van der Waals surface area contributed by atoms with Crippen LogP contribution in [0.3, 0.4) is 0 Å². The van der Waals surface area contributed by atoms with E-state index in [4.69, 9.17) is 20.3 Å². The topological polar surface area (TPSA) is 91.8 Å². The van der Waals surface area contributed by atoms with E-state index in [9.17, 15) is 4.79 Å². The van der Waals surface area contributed by atoms with Crippen molar-refractivity contribution < 1.29 is 9.90 Å². The van der Waals surface area contributed by atoms with E-state index >= 15 is 0 Å². The van der Waals surface area contributed by atoms with E-state index in [1.807, 2.05) is 36.4 Å². The average molecular weight is 471 g/mol. The van der Waals surface area contributed by atoms with Gasteiger partial charge in [-0.05, 0) is 60.5 Å². The summed E-state index contributed by atoms with van der Waals surface area (Å²) >= 11 is 0. The Morgan fingerprint density at radius 1 is 1.00 bits per heavy atom. The number of carboxylic acids is 1. The van der Waals surface area contributed by atoms with Gasteiger partial charge in [0.25, 0.3) is 0 Å². The lowest BCUT2D eigenvalue weighted by atomic mass is 10.1.